The number of rotatable bonds is 9. The quantitative estimate of drug-likeness (QED) is 0.627. The lowest BCUT2D eigenvalue weighted by molar-refractivity contribution is -0.142. The average molecular weight is 404 g/mol. The van der Waals surface area contributed by atoms with E-state index in [1.165, 1.54) is 11.3 Å². The lowest BCUT2D eigenvalue weighted by Gasteiger charge is -2.23. The van der Waals surface area contributed by atoms with Crippen molar-refractivity contribution < 1.29 is 19.1 Å². The SMILES string of the molecule is CCOC(=O)Cc1csc(NC(=O)C(NC(=O)c2ccccc2)C(C)CC)n1. The third kappa shape index (κ3) is 6.16. The molecule has 0 radical (unpaired) electrons. The third-order valence-electron chi connectivity index (χ3n) is 4.23. The zero-order valence-corrected chi connectivity index (χ0v) is 17.0. The van der Waals surface area contributed by atoms with Crippen LogP contribution in [0, 0.1) is 5.92 Å². The molecule has 0 spiro atoms. The lowest BCUT2D eigenvalue weighted by Crippen LogP contribution is -2.47. The van der Waals surface area contributed by atoms with Crippen LogP contribution in [0.5, 0.6) is 0 Å². The van der Waals surface area contributed by atoms with E-state index in [2.05, 4.69) is 15.6 Å². The van der Waals surface area contributed by atoms with Crippen molar-refractivity contribution in [2.45, 2.75) is 39.7 Å². The topological polar surface area (TPSA) is 97.4 Å². The number of ether oxygens (including phenoxy) is 1. The predicted molar refractivity (Wildman–Crippen MR) is 108 cm³/mol. The molecule has 8 heteroatoms. The van der Waals surface area contributed by atoms with Crippen LogP contribution in [0.15, 0.2) is 35.7 Å². The highest BCUT2D eigenvalue weighted by Crippen LogP contribution is 2.18. The number of carbonyl (C=O) groups excluding carboxylic acids is 3. The minimum absolute atomic E-state index is 0.0553. The zero-order chi connectivity index (χ0) is 20.5. The maximum absolute atomic E-state index is 12.8. The molecular formula is C20H25N3O4S. The van der Waals surface area contributed by atoms with Gasteiger partial charge in [0.1, 0.15) is 6.04 Å². The zero-order valence-electron chi connectivity index (χ0n) is 16.2. The normalized spacial score (nSPS) is 12.7. The number of nitrogens with one attached hydrogen (secondary N) is 2. The standard InChI is InChI=1S/C20H25N3O4S/c1-4-13(3)17(22-18(25)14-9-7-6-8-10-14)19(26)23-20-21-15(12-28-20)11-16(24)27-5-2/h6-10,12-13,17H,4-5,11H2,1-3H3,(H,22,25)(H,21,23,26). The molecule has 0 aliphatic heterocycles. The number of esters is 1. The summed E-state index contributed by atoms with van der Waals surface area (Å²) in [4.78, 5) is 41.0. The summed E-state index contributed by atoms with van der Waals surface area (Å²) in [5.41, 5.74) is 1.03. The van der Waals surface area contributed by atoms with Crippen molar-refractivity contribution in [1.29, 1.82) is 0 Å². The van der Waals surface area contributed by atoms with Gasteiger partial charge in [-0.25, -0.2) is 4.98 Å². The fourth-order valence-electron chi connectivity index (χ4n) is 2.50. The van der Waals surface area contributed by atoms with Crippen LogP contribution in [0.25, 0.3) is 0 Å². The van der Waals surface area contributed by atoms with Gasteiger partial charge in [-0.15, -0.1) is 11.3 Å². The van der Waals surface area contributed by atoms with Crippen molar-refractivity contribution >= 4 is 34.3 Å². The van der Waals surface area contributed by atoms with Gasteiger partial charge in [-0.05, 0) is 25.0 Å². The van der Waals surface area contributed by atoms with E-state index >= 15 is 0 Å². The second-order valence-corrected chi connectivity index (χ2v) is 7.18. The van der Waals surface area contributed by atoms with Crippen molar-refractivity contribution in [2.24, 2.45) is 5.92 Å². The van der Waals surface area contributed by atoms with Gasteiger partial charge in [-0.1, -0.05) is 38.5 Å². The molecule has 0 bridgehead atoms. The summed E-state index contributed by atoms with van der Waals surface area (Å²) in [5, 5.41) is 7.64. The Morgan fingerprint density at radius 3 is 2.54 bits per heavy atom. The van der Waals surface area contributed by atoms with Gasteiger partial charge in [-0.3, -0.25) is 14.4 Å². The first-order chi connectivity index (χ1) is 13.4. The van der Waals surface area contributed by atoms with Crippen molar-refractivity contribution in [3.8, 4) is 0 Å². The van der Waals surface area contributed by atoms with Crippen LogP contribution in [0.2, 0.25) is 0 Å². The molecule has 2 unspecified atom stereocenters. The molecule has 0 saturated carbocycles. The second-order valence-electron chi connectivity index (χ2n) is 6.32. The highest BCUT2D eigenvalue weighted by Gasteiger charge is 2.27. The first-order valence-corrected chi connectivity index (χ1v) is 10.1. The van der Waals surface area contributed by atoms with E-state index in [9.17, 15) is 14.4 Å². The molecule has 1 aromatic carbocycles. The molecule has 7 nitrogen and oxygen atoms in total. The second kappa shape index (κ2) is 10.6. The summed E-state index contributed by atoms with van der Waals surface area (Å²) >= 11 is 1.23. The van der Waals surface area contributed by atoms with Gasteiger partial charge >= 0.3 is 5.97 Å². The summed E-state index contributed by atoms with van der Waals surface area (Å²) in [7, 11) is 0. The van der Waals surface area contributed by atoms with Crippen LogP contribution in [-0.2, 0) is 20.7 Å². The molecule has 0 aliphatic rings. The molecule has 2 amide bonds. The summed E-state index contributed by atoms with van der Waals surface area (Å²) in [5.74, 6) is -1.07. The molecule has 0 aliphatic carbocycles. The number of anilines is 1. The molecule has 28 heavy (non-hydrogen) atoms. The van der Waals surface area contributed by atoms with E-state index in [4.69, 9.17) is 4.74 Å². The number of hydrogen-bond donors (Lipinski definition) is 2. The number of amides is 2. The number of hydrogen-bond acceptors (Lipinski definition) is 6. The average Bonchev–Trinajstić information content (AvgIpc) is 3.12. The number of thiazole rings is 1. The molecule has 2 N–H and O–H groups in total. The number of benzene rings is 1. The highest BCUT2D eigenvalue weighted by atomic mass is 32.1. The number of carbonyl (C=O) groups is 3. The van der Waals surface area contributed by atoms with Crippen LogP contribution >= 0.6 is 11.3 Å². The molecule has 1 aromatic heterocycles. The lowest BCUT2D eigenvalue weighted by atomic mass is 9.98. The Morgan fingerprint density at radius 2 is 1.89 bits per heavy atom. The first-order valence-electron chi connectivity index (χ1n) is 9.21. The Bertz CT molecular complexity index is 807. The van der Waals surface area contributed by atoms with Crippen LogP contribution in [0.4, 0.5) is 5.13 Å². The molecular weight excluding hydrogens is 378 g/mol. The van der Waals surface area contributed by atoms with Crippen LogP contribution < -0.4 is 10.6 Å². The minimum atomic E-state index is -0.699. The fraction of sp³-hybridized carbons (Fsp3) is 0.400. The Balaban J connectivity index is 2.04. The van der Waals surface area contributed by atoms with Crippen molar-refractivity contribution in [2.75, 3.05) is 11.9 Å². The van der Waals surface area contributed by atoms with Crippen LogP contribution in [0.1, 0.15) is 43.2 Å². The predicted octanol–water partition coefficient (Wildman–Crippen LogP) is 3.03. The summed E-state index contributed by atoms with van der Waals surface area (Å²) < 4.78 is 4.90. The van der Waals surface area contributed by atoms with E-state index in [1.54, 1.807) is 36.6 Å². The van der Waals surface area contributed by atoms with E-state index in [0.717, 1.165) is 6.42 Å². The van der Waals surface area contributed by atoms with Crippen molar-refractivity contribution in [3.05, 3.63) is 47.0 Å². The van der Waals surface area contributed by atoms with Crippen LogP contribution in [-0.4, -0.2) is 35.4 Å². The molecule has 2 atom stereocenters. The fourth-order valence-corrected chi connectivity index (χ4v) is 3.22. The Labute approximate surface area is 168 Å². The van der Waals surface area contributed by atoms with Gasteiger partial charge < -0.3 is 15.4 Å². The third-order valence-corrected chi connectivity index (χ3v) is 5.04. The Hall–Kier alpha value is -2.74. The largest absolute Gasteiger partial charge is 0.466 e. The van der Waals surface area contributed by atoms with Gasteiger partial charge in [-0.2, -0.15) is 0 Å². The summed E-state index contributed by atoms with van der Waals surface area (Å²) in [6, 6.07) is 8.07. The first kappa shape index (κ1) is 21.6. The smallest absolute Gasteiger partial charge is 0.311 e. The number of nitrogens with zero attached hydrogens (tertiary/aromatic N) is 1. The van der Waals surface area contributed by atoms with Crippen molar-refractivity contribution in [3.63, 3.8) is 0 Å². The van der Waals surface area contributed by atoms with E-state index in [-0.39, 0.29) is 30.1 Å². The maximum atomic E-state index is 12.8. The molecule has 1 heterocycles. The molecule has 150 valence electrons. The van der Waals surface area contributed by atoms with Gasteiger partial charge in [0.2, 0.25) is 5.91 Å². The highest BCUT2D eigenvalue weighted by molar-refractivity contribution is 7.13. The maximum Gasteiger partial charge on any atom is 0.311 e. The Kier molecular flexibility index (Phi) is 8.13. The molecule has 0 saturated heterocycles. The van der Waals surface area contributed by atoms with E-state index < -0.39 is 6.04 Å². The van der Waals surface area contributed by atoms with Gasteiger partial charge in [0.05, 0.1) is 18.7 Å². The molecule has 0 fully saturated rings. The van der Waals surface area contributed by atoms with Crippen molar-refractivity contribution in [1.82, 2.24) is 10.3 Å². The van der Waals surface area contributed by atoms with Crippen LogP contribution in [0.3, 0.4) is 0 Å². The van der Waals surface area contributed by atoms with E-state index in [0.29, 0.717) is 23.0 Å². The van der Waals surface area contributed by atoms with Gasteiger partial charge in [0.15, 0.2) is 5.13 Å². The summed E-state index contributed by atoms with van der Waals surface area (Å²) in [6.07, 6.45) is 0.777. The van der Waals surface area contributed by atoms with Gasteiger partial charge in [0, 0.05) is 10.9 Å². The Morgan fingerprint density at radius 1 is 1.18 bits per heavy atom. The molecule has 2 aromatic rings. The number of aromatic nitrogens is 1. The summed E-state index contributed by atoms with van der Waals surface area (Å²) in [6.45, 7) is 5.91. The molecule has 2 rings (SSSR count). The van der Waals surface area contributed by atoms with E-state index in [1.807, 2.05) is 19.9 Å². The minimum Gasteiger partial charge on any atom is -0.466 e. The monoisotopic (exact) mass is 403 g/mol. The van der Waals surface area contributed by atoms with Gasteiger partial charge in [0.25, 0.3) is 5.91 Å².